The third kappa shape index (κ3) is 8.35. The van der Waals surface area contributed by atoms with Gasteiger partial charge in [0.25, 0.3) is 0 Å². The molecule has 2 aromatic carbocycles. The quantitative estimate of drug-likeness (QED) is 0.198. The number of carbonyl (C=O) groups is 1. The van der Waals surface area contributed by atoms with Gasteiger partial charge in [0.05, 0.1) is 13.0 Å². The Morgan fingerprint density at radius 3 is 2.74 bits per heavy atom. The summed E-state index contributed by atoms with van der Waals surface area (Å²) in [6, 6.07) is 12.4. The van der Waals surface area contributed by atoms with Gasteiger partial charge in [-0.3, -0.25) is 9.79 Å². The van der Waals surface area contributed by atoms with Gasteiger partial charge in [-0.25, -0.2) is 4.39 Å². The number of fused-ring (bicyclic) bond motifs is 1. The molecule has 1 aliphatic rings. The maximum Gasteiger partial charge on any atom is 0.224 e. The van der Waals surface area contributed by atoms with E-state index in [0.717, 1.165) is 37.7 Å². The van der Waals surface area contributed by atoms with Crippen molar-refractivity contribution in [2.24, 2.45) is 4.99 Å². The van der Waals surface area contributed by atoms with Crippen LogP contribution in [0.1, 0.15) is 23.6 Å². The molecule has 0 aromatic heterocycles. The van der Waals surface area contributed by atoms with Crippen molar-refractivity contribution in [3.63, 3.8) is 0 Å². The summed E-state index contributed by atoms with van der Waals surface area (Å²) in [7, 11) is 0. The molecule has 0 spiro atoms. The second-order valence-electron chi connectivity index (χ2n) is 7.13. The predicted octanol–water partition coefficient (Wildman–Crippen LogP) is 2.84. The third-order valence-electron chi connectivity index (χ3n) is 4.76. The first kappa shape index (κ1) is 24.9. The summed E-state index contributed by atoms with van der Waals surface area (Å²) in [6.45, 7) is 5.22. The number of rotatable bonds is 9. The van der Waals surface area contributed by atoms with E-state index >= 15 is 0 Å². The molecule has 0 atom stereocenters. The number of amides is 1. The average Bonchev–Trinajstić information content (AvgIpc) is 3.19. The van der Waals surface area contributed by atoms with E-state index in [9.17, 15) is 9.18 Å². The van der Waals surface area contributed by atoms with E-state index in [0.29, 0.717) is 25.2 Å². The largest absolute Gasteiger partial charge is 0.493 e. The Morgan fingerprint density at radius 1 is 1.10 bits per heavy atom. The molecule has 0 radical (unpaired) electrons. The highest BCUT2D eigenvalue weighted by Crippen LogP contribution is 2.25. The molecule has 0 aliphatic carbocycles. The molecule has 1 amide bonds. The molecule has 8 heteroatoms. The maximum atomic E-state index is 13.2. The Morgan fingerprint density at radius 2 is 1.94 bits per heavy atom. The second kappa shape index (κ2) is 13.1. The molecule has 0 unspecified atom stereocenters. The van der Waals surface area contributed by atoms with Crippen molar-refractivity contribution >= 4 is 35.8 Å². The first-order valence-corrected chi connectivity index (χ1v) is 10.4. The summed E-state index contributed by atoms with van der Waals surface area (Å²) in [6.07, 6.45) is 1.99. The van der Waals surface area contributed by atoms with Gasteiger partial charge in [-0.15, -0.1) is 24.0 Å². The summed E-state index contributed by atoms with van der Waals surface area (Å²) in [5.74, 6) is 1.25. The number of hydrogen-bond acceptors (Lipinski definition) is 3. The minimum Gasteiger partial charge on any atom is -0.493 e. The van der Waals surface area contributed by atoms with Crippen molar-refractivity contribution in [3.05, 3.63) is 65.0 Å². The van der Waals surface area contributed by atoms with Gasteiger partial charge in [-0.1, -0.05) is 24.3 Å². The van der Waals surface area contributed by atoms with Crippen LogP contribution in [0, 0.1) is 5.82 Å². The van der Waals surface area contributed by atoms with E-state index in [1.165, 1.54) is 23.3 Å². The van der Waals surface area contributed by atoms with Gasteiger partial charge in [0.2, 0.25) is 5.91 Å². The topological polar surface area (TPSA) is 74.8 Å². The molecule has 3 N–H and O–H groups in total. The van der Waals surface area contributed by atoms with Gasteiger partial charge in [0, 0.05) is 32.6 Å². The predicted molar refractivity (Wildman–Crippen MR) is 132 cm³/mol. The Hall–Kier alpha value is -2.36. The molecule has 3 rings (SSSR count). The molecule has 0 fully saturated rings. The van der Waals surface area contributed by atoms with Crippen LogP contribution in [0.15, 0.2) is 47.5 Å². The van der Waals surface area contributed by atoms with Crippen LogP contribution in [0.5, 0.6) is 5.75 Å². The van der Waals surface area contributed by atoms with Gasteiger partial charge in [-0.05, 0) is 48.2 Å². The van der Waals surface area contributed by atoms with Gasteiger partial charge in [0.1, 0.15) is 11.6 Å². The highest BCUT2D eigenvalue weighted by Gasteiger charge is 2.11. The zero-order valence-corrected chi connectivity index (χ0v) is 20.1. The second-order valence-corrected chi connectivity index (χ2v) is 7.13. The van der Waals surface area contributed by atoms with Crippen LogP contribution in [0.4, 0.5) is 4.39 Å². The maximum absolute atomic E-state index is 13.2. The number of hydrogen-bond donors (Lipinski definition) is 3. The van der Waals surface area contributed by atoms with Crippen LogP contribution in [0.25, 0.3) is 0 Å². The fraction of sp³-hybridized carbons (Fsp3) is 0.391. The molecule has 1 heterocycles. The van der Waals surface area contributed by atoms with E-state index in [2.05, 4.69) is 33.1 Å². The Labute approximate surface area is 200 Å². The summed E-state index contributed by atoms with van der Waals surface area (Å²) >= 11 is 0. The molecule has 1 aliphatic heterocycles. The number of ether oxygens (including phenoxy) is 1. The van der Waals surface area contributed by atoms with E-state index in [4.69, 9.17) is 4.74 Å². The van der Waals surface area contributed by atoms with E-state index in [1.807, 2.05) is 13.0 Å². The van der Waals surface area contributed by atoms with Crippen LogP contribution in [0.3, 0.4) is 0 Å². The molecular formula is C23H30FIN4O2. The molecule has 0 bridgehead atoms. The van der Waals surface area contributed by atoms with Crippen molar-refractivity contribution in [2.45, 2.75) is 26.2 Å². The molecule has 0 saturated carbocycles. The zero-order valence-electron chi connectivity index (χ0n) is 17.7. The smallest absolute Gasteiger partial charge is 0.224 e. The summed E-state index contributed by atoms with van der Waals surface area (Å²) in [5.41, 5.74) is 3.19. The van der Waals surface area contributed by atoms with Crippen LogP contribution in [-0.2, 0) is 24.1 Å². The number of halogens is 2. The van der Waals surface area contributed by atoms with Gasteiger partial charge in [0.15, 0.2) is 5.96 Å². The lowest BCUT2D eigenvalue weighted by molar-refractivity contribution is -0.120. The first-order valence-electron chi connectivity index (χ1n) is 10.4. The lowest BCUT2D eigenvalue weighted by Crippen LogP contribution is -2.41. The Kier molecular flexibility index (Phi) is 10.6. The minimum absolute atomic E-state index is 0. The normalized spacial score (nSPS) is 12.4. The zero-order chi connectivity index (χ0) is 21.2. The number of aliphatic imine (C=N–C) groups is 1. The minimum atomic E-state index is -0.332. The molecule has 31 heavy (non-hydrogen) atoms. The lowest BCUT2D eigenvalue weighted by Gasteiger charge is -2.12. The van der Waals surface area contributed by atoms with Gasteiger partial charge in [-0.2, -0.15) is 0 Å². The summed E-state index contributed by atoms with van der Waals surface area (Å²) < 4.78 is 18.7. The van der Waals surface area contributed by atoms with Gasteiger partial charge < -0.3 is 20.7 Å². The van der Waals surface area contributed by atoms with Crippen LogP contribution in [0.2, 0.25) is 0 Å². The molecule has 168 valence electrons. The molecule has 2 aromatic rings. The number of benzene rings is 2. The number of nitrogens with one attached hydrogen (secondary N) is 3. The number of guanidine groups is 1. The van der Waals surface area contributed by atoms with Gasteiger partial charge >= 0.3 is 0 Å². The molecule has 0 saturated heterocycles. The fourth-order valence-electron chi connectivity index (χ4n) is 3.31. The van der Waals surface area contributed by atoms with E-state index in [-0.39, 0.29) is 42.1 Å². The van der Waals surface area contributed by atoms with Crippen molar-refractivity contribution in [1.82, 2.24) is 16.0 Å². The fourth-order valence-corrected chi connectivity index (χ4v) is 3.31. The van der Waals surface area contributed by atoms with Crippen molar-refractivity contribution in [1.29, 1.82) is 0 Å². The van der Waals surface area contributed by atoms with Crippen molar-refractivity contribution in [3.8, 4) is 5.75 Å². The van der Waals surface area contributed by atoms with Crippen LogP contribution >= 0.6 is 24.0 Å². The SMILES string of the molecule is CCNC(=NCCc1ccc2c(c1)CCO2)NCCNC(=O)Cc1cccc(F)c1.I. The molecular weight excluding hydrogens is 510 g/mol. The van der Waals surface area contributed by atoms with Crippen LogP contribution in [-0.4, -0.2) is 44.7 Å². The lowest BCUT2D eigenvalue weighted by atomic mass is 10.1. The first-order chi connectivity index (χ1) is 14.6. The van der Waals surface area contributed by atoms with Crippen LogP contribution < -0.4 is 20.7 Å². The number of nitrogens with zero attached hydrogens (tertiary/aromatic N) is 1. The summed E-state index contributed by atoms with van der Waals surface area (Å²) in [4.78, 5) is 16.6. The van der Waals surface area contributed by atoms with E-state index < -0.39 is 0 Å². The standard InChI is InChI=1S/C23H29FN4O2.HI/c1-2-25-23(27-10-8-17-6-7-21-19(14-17)9-13-30-21)28-12-11-26-22(29)16-18-4-3-5-20(24)15-18;/h3-7,14-15H,2,8-13,16H2,1H3,(H,26,29)(H2,25,27,28);1H. The van der Waals surface area contributed by atoms with E-state index in [1.54, 1.807) is 12.1 Å². The highest BCUT2D eigenvalue weighted by atomic mass is 127. The van der Waals surface area contributed by atoms with Crippen molar-refractivity contribution < 1.29 is 13.9 Å². The average molecular weight is 540 g/mol. The Bertz CT molecular complexity index is 892. The van der Waals surface area contributed by atoms with Crippen molar-refractivity contribution in [2.75, 3.05) is 32.8 Å². The summed E-state index contributed by atoms with van der Waals surface area (Å²) in [5, 5.41) is 9.27. The monoisotopic (exact) mass is 540 g/mol. The number of carbonyl (C=O) groups excluding carboxylic acids is 1. The molecule has 6 nitrogen and oxygen atoms in total. The third-order valence-corrected chi connectivity index (χ3v) is 4.76. The highest BCUT2D eigenvalue weighted by molar-refractivity contribution is 14.0. The Balaban J connectivity index is 0.00000341.